The Kier molecular flexibility index (Phi) is 6.44. The Morgan fingerprint density at radius 3 is 2.68 bits per heavy atom. The van der Waals surface area contributed by atoms with Crippen molar-refractivity contribution in [2.45, 2.75) is 51.7 Å². The third kappa shape index (κ3) is 4.41. The van der Waals surface area contributed by atoms with Crippen molar-refractivity contribution < 1.29 is 19.0 Å². The molecule has 1 aromatic rings. The summed E-state index contributed by atoms with van der Waals surface area (Å²) in [6.07, 6.45) is 4.05. The number of methoxy groups -OCH3 is 2. The maximum absolute atomic E-state index is 13.2. The van der Waals surface area contributed by atoms with E-state index in [4.69, 9.17) is 26.4 Å². The fraction of sp³-hybridized carbons (Fsp3) is 0.524. The van der Waals surface area contributed by atoms with Crippen LogP contribution in [-0.4, -0.2) is 31.4 Å². The van der Waals surface area contributed by atoms with Gasteiger partial charge in [-0.15, -0.1) is 0 Å². The fourth-order valence-electron chi connectivity index (χ4n) is 3.96. The molecule has 152 valence electrons. The fourth-order valence-corrected chi connectivity index (χ4v) is 4.23. The number of nitrogens with one attached hydrogen (secondary N) is 2. The van der Waals surface area contributed by atoms with E-state index in [9.17, 15) is 4.79 Å². The summed E-state index contributed by atoms with van der Waals surface area (Å²) >= 11 is 5.34. The van der Waals surface area contributed by atoms with Crippen molar-refractivity contribution in [2.24, 2.45) is 5.92 Å². The van der Waals surface area contributed by atoms with Crippen LogP contribution < -0.4 is 20.1 Å². The van der Waals surface area contributed by atoms with Crippen LogP contribution in [0.3, 0.4) is 0 Å². The van der Waals surface area contributed by atoms with Crippen LogP contribution in [0.25, 0.3) is 0 Å². The van der Waals surface area contributed by atoms with Gasteiger partial charge >= 0.3 is 5.97 Å². The summed E-state index contributed by atoms with van der Waals surface area (Å²) in [4.78, 5) is 13.2. The molecule has 3 atom stereocenters. The second-order valence-corrected chi connectivity index (χ2v) is 7.89. The summed E-state index contributed by atoms with van der Waals surface area (Å²) in [5, 5.41) is 6.70. The number of rotatable bonds is 5. The van der Waals surface area contributed by atoms with Crippen LogP contribution in [0.4, 0.5) is 0 Å². The number of thiocarbonyl (C=S) groups is 1. The van der Waals surface area contributed by atoms with Gasteiger partial charge in [0.15, 0.2) is 5.11 Å². The van der Waals surface area contributed by atoms with Crippen LogP contribution in [0.15, 0.2) is 29.5 Å². The molecular weight excluding hydrogens is 376 g/mol. The number of esters is 1. The molecule has 1 saturated carbocycles. The summed E-state index contributed by atoms with van der Waals surface area (Å²) in [5.74, 6) is 1.57. The number of hydrogen-bond donors (Lipinski definition) is 2. The molecule has 0 saturated heterocycles. The van der Waals surface area contributed by atoms with Gasteiger partial charge in [0.25, 0.3) is 0 Å². The first kappa shape index (κ1) is 20.5. The molecule has 7 heteroatoms. The van der Waals surface area contributed by atoms with Gasteiger partial charge in [-0.05, 0) is 62.5 Å². The predicted molar refractivity (Wildman–Crippen MR) is 111 cm³/mol. The molecule has 6 nitrogen and oxygen atoms in total. The van der Waals surface area contributed by atoms with Gasteiger partial charge in [-0.2, -0.15) is 0 Å². The molecule has 2 aliphatic rings. The first-order valence-electron chi connectivity index (χ1n) is 9.64. The van der Waals surface area contributed by atoms with Crippen LogP contribution in [0.5, 0.6) is 11.5 Å². The summed E-state index contributed by atoms with van der Waals surface area (Å²) in [5.41, 5.74) is 1.97. The normalized spacial score (nSPS) is 24.9. The lowest BCUT2D eigenvalue weighted by Crippen LogP contribution is -2.45. The van der Waals surface area contributed by atoms with Crippen LogP contribution in [0.1, 0.15) is 51.1 Å². The van der Waals surface area contributed by atoms with Gasteiger partial charge in [-0.1, -0.05) is 13.3 Å². The Balaban J connectivity index is 1.94. The minimum atomic E-state index is -0.479. The molecule has 0 spiro atoms. The van der Waals surface area contributed by atoms with E-state index >= 15 is 0 Å². The number of carbonyl (C=O) groups is 1. The molecule has 0 bridgehead atoms. The summed E-state index contributed by atoms with van der Waals surface area (Å²) < 4.78 is 16.8. The standard InChI is InChI=1S/C21H28N2O4S/c1-12-6-5-7-15(10-12)27-20(24)18-13(2)22-21(28)23-19(18)16-11-14(25-3)8-9-17(16)26-4/h8-9,11-12,15,19H,5-7,10H2,1-4H3,(H2,22,23,28)/t12-,15-,19-/m0/s1. The Morgan fingerprint density at radius 2 is 2.00 bits per heavy atom. The Labute approximate surface area is 171 Å². The van der Waals surface area contributed by atoms with E-state index in [-0.39, 0.29) is 12.1 Å². The third-order valence-electron chi connectivity index (χ3n) is 5.40. The zero-order chi connectivity index (χ0) is 20.3. The van der Waals surface area contributed by atoms with Gasteiger partial charge in [0.1, 0.15) is 17.6 Å². The zero-order valence-corrected chi connectivity index (χ0v) is 17.7. The van der Waals surface area contributed by atoms with Gasteiger partial charge < -0.3 is 24.8 Å². The van der Waals surface area contributed by atoms with Crippen LogP contribution >= 0.6 is 12.2 Å². The van der Waals surface area contributed by atoms with Crippen LogP contribution in [-0.2, 0) is 9.53 Å². The van der Waals surface area contributed by atoms with E-state index in [0.717, 1.165) is 24.8 Å². The average Bonchev–Trinajstić information content (AvgIpc) is 2.66. The van der Waals surface area contributed by atoms with Crippen molar-refractivity contribution in [2.75, 3.05) is 14.2 Å². The topological polar surface area (TPSA) is 68.8 Å². The van der Waals surface area contributed by atoms with Gasteiger partial charge in [0.2, 0.25) is 0 Å². The molecule has 1 aromatic carbocycles. The third-order valence-corrected chi connectivity index (χ3v) is 5.62. The lowest BCUT2D eigenvalue weighted by molar-refractivity contribution is -0.146. The van der Waals surface area contributed by atoms with Gasteiger partial charge in [-0.25, -0.2) is 4.79 Å². The number of ether oxygens (including phenoxy) is 3. The number of hydrogen-bond acceptors (Lipinski definition) is 5. The van der Waals surface area contributed by atoms with E-state index in [1.54, 1.807) is 14.2 Å². The van der Waals surface area contributed by atoms with Gasteiger partial charge in [-0.3, -0.25) is 0 Å². The van der Waals surface area contributed by atoms with Crippen LogP contribution in [0, 0.1) is 5.92 Å². The molecular formula is C21H28N2O4S. The highest BCUT2D eigenvalue weighted by Crippen LogP contribution is 2.36. The summed E-state index contributed by atoms with van der Waals surface area (Å²) in [6, 6.07) is 5.02. The highest BCUT2D eigenvalue weighted by molar-refractivity contribution is 7.80. The van der Waals surface area contributed by atoms with Crippen LogP contribution in [0.2, 0.25) is 0 Å². The minimum Gasteiger partial charge on any atom is -0.497 e. The van der Waals surface area contributed by atoms with Gasteiger partial charge in [0.05, 0.1) is 25.8 Å². The average molecular weight is 405 g/mol. The highest BCUT2D eigenvalue weighted by Gasteiger charge is 2.34. The summed E-state index contributed by atoms with van der Waals surface area (Å²) in [7, 11) is 3.20. The molecule has 1 aliphatic heterocycles. The van der Waals surface area contributed by atoms with E-state index in [1.807, 2.05) is 25.1 Å². The van der Waals surface area contributed by atoms with Crippen molar-refractivity contribution in [3.63, 3.8) is 0 Å². The SMILES string of the molecule is COc1ccc(OC)c([C@@H]2NC(=S)NC(C)=C2C(=O)O[C@H]2CCC[C@H](C)C2)c1. The Hall–Kier alpha value is -2.28. The largest absolute Gasteiger partial charge is 0.497 e. The van der Waals surface area contributed by atoms with Crippen molar-refractivity contribution in [1.82, 2.24) is 10.6 Å². The molecule has 0 aromatic heterocycles. The predicted octanol–water partition coefficient (Wildman–Crippen LogP) is 3.62. The van der Waals surface area contributed by atoms with Crippen molar-refractivity contribution >= 4 is 23.3 Å². The second kappa shape index (κ2) is 8.82. The van der Waals surface area contributed by atoms with E-state index in [0.29, 0.717) is 33.8 Å². The molecule has 1 aliphatic carbocycles. The lowest BCUT2D eigenvalue weighted by atomic mass is 9.88. The minimum absolute atomic E-state index is 0.0433. The molecule has 1 fully saturated rings. The maximum Gasteiger partial charge on any atom is 0.338 e. The second-order valence-electron chi connectivity index (χ2n) is 7.48. The molecule has 0 unspecified atom stereocenters. The van der Waals surface area contributed by atoms with E-state index in [2.05, 4.69) is 17.6 Å². The molecule has 1 heterocycles. The summed E-state index contributed by atoms with van der Waals surface area (Å²) in [6.45, 7) is 4.05. The molecule has 0 amide bonds. The molecule has 2 N–H and O–H groups in total. The number of carbonyl (C=O) groups excluding carboxylic acids is 1. The van der Waals surface area contributed by atoms with Crippen molar-refractivity contribution in [3.8, 4) is 11.5 Å². The maximum atomic E-state index is 13.2. The first-order valence-corrected chi connectivity index (χ1v) is 10.0. The quantitative estimate of drug-likeness (QED) is 0.574. The number of benzene rings is 1. The van der Waals surface area contributed by atoms with Gasteiger partial charge in [0, 0.05) is 11.3 Å². The molecule has 0 radical (unpaired) electrons. The number of allylic oxidation sites excluding steroid dienone is 1. The van der Waals surface area contributed by atoms with Crippen molar-refractivity contribution in [3.05, 3.63) is 35.0 Å². The van der Waals surface area contributed by atoms with Crippen molar-refractivity contribution in [1.29, 1.82) is 0 Å². The molecule has 28 heavy (non-hydrogen) atoms. The first-order chi connectivity index (χ1) is 13.4. The monoisotopic (exact) mass is 404 g/mol. The smallest absolute Gasteiger partial charge is 0.338 e. The van der Waals surface area contributed by atoms with E-state index in [1.165, 1.54) is 6.42 Å². The zero-order valence-electron chi connectivity index (χ0n) is 16.8. The lowest BCUT2D eigenvalue weighted by Gasteiger charge is -2.32. The highest BCUT2D eigenvalue weighted by atomic mass is 32.1. The Morgan fingerprint density at radius 1 is 1.21 bits per heavy atom. The van der Waals surface area contributed by atoms with E-state index < -0.39 is 6.04 Å². The Bertz CT molecular complexity index is 793. The molecule has 3 rings (SSSR count).